The molecule has 3 nitrogen and oxygen atoms in total. The molecular formula is C24H30ClFN2O. The number of piperazine rings is 1. The molecule has 0 radical (unpaired) electrons. The van der Waals surface area contributed by atoms with Gasteiger partial charge in [-0.3, -0.25) is 4.79 Å². The van der Waals surface area contributed by atoms with Crippen molar-refractivity contribution in [3.8, 4) is 0 Å². The van der Waals surface area contributed by atoms with E-state index in [1.54, 1.807) is 6.07 Å². The summed E-state index contributed by atoms with van der Waals surface area (Å²) >= 11 is 5.94. The van der Waals surface area contributed by atoms with Gasteiger partial charge in [-0.2, -0.15) is 0 Å². The maximum absolute atomic E-state index is 14.6. The molecule has 2 aromatic rings. The number of rotatable bonds is 6. The molecule has 1 saturated heterocycles. The Labute approximate surface area is 178 Å². The Morgan fingerprint density at radius 1 is 1.00 bits per heavy atom. The summed E-state index contributed by atoms with van der Waals surface area (Å²) in [6, 6.07) is 13.0. The Kier molecular flexibility index (Phi) is 7.18. The summed E-state index contributed by atoms with van der Waals surface area (Å²) in [6.07, 6.45) is 1.55. The second-order valence-corrected chi connectivity index (χ2v) is 8.83. The number of hydrogen-bond donors (Lipinski definition) is 0. The first-order chi connectivity index (χ1) is 13.8. The second kappa shape index (κ2) is 9.62. The minimum absolute atomic E-state index is 0.0901. The van der Waals surface area contributed by atoms with Crippen molar-refractivity contribution in [3.05, 3.63) is 64.4 Å². The minimum atomic E-state index is -0.168. The molecule has 5 heteroatoms. The highest BCUT2D eigenvalue weighted by Gasteiger charge is 2.27. The molecule has 1 amide bonds. The molecule has 0 aromatic heterocycles. The third-order valence-corrected chi connectivity index (χ3v) is 5.73. The molecule has 1 heterocycles. The van der Waals surface area contributed by atoms with Gasteiger partial charge in [-0.25, -0.2) is 4.39 Å². The molecule has 0 saturated carbocycles. The van der Waals surface area contributed by atoms with Gasteiger partial charge in [-0.1, -0.05) is 56.6 Å². The molecule has 2 aromatic carbocycles. The third kappa shape index (κ3) is 5.51. The Morgan fingerprint density at radius 3 is 2.28 bits per heavy atom. The lowest BCUT2D eigenvalue weighted by molar-refractivity contribution is -0.135. The van der Waals surface area contributed by atoms with Crippen LogP contribution in [0.25, 0.3) is 0 Å². The molecule has 1 fully saturated rings. The predicted molar refractivity (Wildman–Crippen MR) is 118 cm³/mol. The highest BCUT2D eigenvalue weighted by Crippen LogP contribution is 2.28. The van der Waals surface area contributed by atoms with Crippen LogP contribution in [0.3, 0.4) is 0 Å². The van der Waals surface area contributed by atoms with Crippen LogP contribution in [0.15, 0.2) is 42.5 Å². The number of amides is 1. The number of benzene rings is 2. The second-order valence-electron chi connectivity index (χ2n) is 8.39. The molecule has 156 valence electrons. The number of halogens is 2. The molecule has 0 aliphatic carbocycles. The SMILES string of the molecule is CC(C)Cc1cccc(F)c1N1CCN(C(=O)C(C)Cc2ccc(Cl)cc2)CC1. The van der Waals surface area contributed by atoms with E-state index in [0.29, 0.717) is 49.2 Å². The van der Waals surface area contributed by atoms with E-state index in [1.165, 1.54) is 6.07 Å². The van der Waals surface area contributed by atoms with E-state index in [2.05, 4.69) is 18.7 Å². The zero-order chi connectivity index (χ0) is 21.0. The largest absolute Gasteiger partial charge is 0.365 e. The Balaban J connectivity index is 1.61. The van der Waals surface area contributed by atoms with Crippen molar-refractivity contribution in [2.45, 2.75) is 33.6 Å². The highest BCUT2D eigenvalue weighted by atomic mass is 35.5. The lowest BCUT2D eigenvalue weighted by Gasteiger charge is -2.38. The van der Waals surface area contributed by atoms with E-state index < -0.39 is 0 Å². The fourth-order valence-electron chi connectivity index (χ4n) is 4.04. The summed E-state index contributed by atoms with van der Waals surface area (Å²) in [5, 5.41) is 0.703. The van der Waals surface area contributed by atoms with Crippen LogP contribution in [-0.4, -0.2) is 37.0 Å². The van der Waals surface area contributed by atoms with Gasteiger partial charge in [0.05, 0.1) is 5.69 Å². The van der Waals surface area contributed by atoms with E-state index in [-0.39, 0.29) is 17.6 Å². The maximum Gasteiger partial charge on any atom is 0.225 e. The molecule has 1 aliphatic heterocycles. The van der Waals surface area contributed by atoms with Gasteiger partial charge in [0.2, 0.25) is 5.91 Å². The summed E-state index contributed by atoms with van der Waals surface area (Å²) in [4.78, 5) is 16.9. The van der Waals surface area contributed by atoms with Gasteiger partial charge < -0.3 is 9.80 Å². The maximum atomic E-state index is 14.6. The lowest BCUT2D eigenvalue weighted by Crippen LogP contribution is -2.50. The van der Waals surface area contributed by atoms with Gasteiger partial charge in [0.1, 0.15) is 5.82 Å². The van der Waals surface area contributed by atoms with Crippen molar-refractivity contribution >= 4 is 23.2 Å². The molecule has 29 heavy (non-hydrogen) atoms. The van der Waals surface area contributed by atoms with Crippen molar-refractivity contribution < 1.29 is 9.18 Å². The van der Waals surface area contributed by atoms with E-state index in [9.17, 15) is 9.18 Å². The van der Waals surface area contributed by atoms with Crippen LogP contribution in [0.1, 0.15) is 31.9 Å². The number of carbonyl (C=O) groups excluding carboxylic acids is 1. The van der Waals surface area contributed by atoms with Gasteiger partial charge >= 0.3 is 0 Å². The molecule has 1 atom stereocenters. The van der Waals surface area contributed by atoms with Gasteiger partial charge in [-0.05, 0) is 48.1 Å². The first kappa shape index (κ1) is 21.6. The quantitative estimate of drug-likeness (QED) is 0.645. The summed E-state index contributed by atoms with van der Waals surface area (Å²) in [5.74, 6) is 0.370. The number of hydrogen-bond acceptors (Lipinski definition) is 2. The van der Waals surface area contributed by atoms with Crippen molar-refractivity contribution in [2.24, 2.45) is 11.8 Å². The summed E-state index contributed by atoms with van der Waals surface area (Å²) in [5.41, 5.74) is 2.87. The molecule has 1 aliphatic rings. The molecule has 0 bridgehead atoms. The first-order valence-corrected chi connectivity index (χ1v) is 10.8. The summed E-state index contributed by atoms with van der Waals surface area (Å²) < 4.78 is 14.6. The highest BCUT2D eigenvalue weighted by molar-refractivity contribution is 6.30. The average molecular weight is 417 g/mol. The van der Waals surface area contributed by atoms with E-state index in [1.807, 2.05) is 42.2 Å². The van der Waals surface area contributed by atoms with Crippen molar-refractivity contribution in [1.29, 1.82) is 0 Å². The normalized spacial score (nSPS) is 15.7. The standard InChI is InChI=1S/C24H30ClFN2O/c1-17(2)15-20-5-4-6-22(26)23(20)27-11-13-28(14-12-27)24(29)18(3)16-19-7-9-21(25)10-8-19/h4-10,17-18H,11-16H2,1-3H3. The Hall–Kier alpha value is -2.07. The van der Waals surface area contributed by atoms with Gasteiger partial charge in [0, 0.05) is 37.1 Å². The Bertz CT molecular complexity index is 829. The van der Waals surface area contributed by atoms with Gasteiger partial charge in [0.15, 0.2) is 0 Å². The van der Waals surface area contributed by atoms with Crippen LogP contribution < -0.4 is 4.90 Å². The summed E-state index contributed by atoms with van der Waals surface area (Å²) in [7, 11) is 0. The van der Waals surface area contributed by atoms with Crippen LogP contribution in [0.4, 0.5) is 10.1 Å². The number of nitrogens with zero attached hydrogens (tertiary/aromatic N) is 2. The molecule has 0 spiro atoms. The van der Waals surface area contributed by atoms with E-state index in [4.69, 9.17) is 11.6 Å². The number of carbonyl (C=O) groups is 1. The zero-order valence-electron chi connectivity index (χ0n) is 17.5. The van der Waals surface area contributed by atoms with Crippen molar-refractivity contribution in [2.75, 3.05) is 31.1 Å². The molecule has 0 N–H and O–H groups in total. The molecule has 1 unspecified atom stereocenters. The zero-order valence-corrected chi connectivity index (χ0v) is 18.3. The van der Waals surface area contributed by atoms with Gasteiger partial charge in [0.25, 0.3) is 0 Å². The summed E-state index contributed by atoms with van der Waals surface area (Å²) in [6.45, 7) is 8.83. The fourth-order valence-corrected chi connectivity index (χ4v) is 4.17. The smallest absolute Gasteiger partial charge is 0.225 e. The Morgan fingerprint density at radius 2 is 1.66 bits per heavy atom. The lowest BCUT2D eigenvalue weighted by atomic mass is 9.98. The third-order valence-electron chi connectivity index (χ3n) is 5.48. The van der Waals surface area contributed by atoms with Crippen LogP contribution in [0, 0.1) is 17.7 Å². The van der Waals surface area contributed by atoms with Crippen molar-refractivity contribution in [1.82, 2.24) is 4.90 Å². The van der Waals surface area contributed by atoms with Crippen LogP contribution in [0.5, 0.6) is 0 Å². The number of anilines is 1. The fraction of sp³-hybridized carbons (Fsp3) is 0.458. The van der Waals surface area contributed by atoms with E-state index >= 15 is 0 Å². The number of para-hydroxylation sites is 1. The molecular weight excluding hydrogens is 387 g/mol. The topological polar surface area (TPSA) is 23.6 Å². The minimum Gasteiger partial charge on any atom is -0.365 e. The average Bonchev–Trinajstić information content (AvgIpc) is 2.69. The van der Waals surface area contributed by atoms with Gasteiger partial charge in [-0.15, -0.1) is 0 Å². The molecule has 3 rings (SSSR count). The van der Waals surface area contributed by atoms with Crippen LogP contribution >= 0.6 is 11.6 Å². The van der Waals surface area contributed by atoms with E-state index in [0.717, 1.165) is 17.5 Å². The first-order valence-electron chi connectivity index (χ1n) is 10.4. The van der Waals surface area contributed by atoms with Crippen LogP contribution in [-0.2, 0) is 17.6 Å². The predicted octanol–water partition coefficient (Wildman–Crippen LogP) is 5.21. The monoisotopic (exact) mass is 416 g/mol. The van der Waals surface area contributed by atoms with Crippen LogP contribution in [0.2, 0.25) is 5.02 Å². The van der Waals surface area contributed by atoms with Crippen molar-refractivity contribution in [3.63, 3.8) is 0 Å².